The van der Waals surface area contributed by atoms with Crippen LogP contribution in [0.15, 0.2) is 0 Å². The van der Waals surface area contributed by atoms with Crippen LogP contribution in [-0.4, -0.2) is 52.6 Å². The first kappa shape index (κ1) is 17.2. The Morgan fingerprint density at radius 3 is 2.11 bits per heavy atom. The van der Waals surface area contributed by atoms with E-state index in [2.05, 4.69) is 10.6 Å². The minimum atomic E-state index is -1.09. The van der Waals surface area contributed by atoms with Gasteiger partial charge in [-0.05, 0) is 34.6 Å². The summed E-state index contributed by atoms with van der Waals surface area (Å²) in [7, 11) is 0. The van der Waals surface area contributed by atoms with Crippen LogP contribution in [0, 0.1) is 0 Å². The quantitative estimate of drug-likeness (QED) is 0.675. The Kier molecular flexibility index (Phi) is 6.31. The lowest BCUT2D eigenvalue weighted by Crippen LogP contribution is -2.51. The Labute approximate surface area is 113 Å². The summed E-state index contributed by atoms with van der Waals surface area (Å²) in [5.41, 5.74) is -0.374. The number of nitrogens with zero attached hydrogens (tertiary/aromatic N) is 1. The molecule has 0 radical (unpaired) electrons. The number of carboxylic acid groups (broad SMARTS) is 1. The fourth-order valence-electron chi connectivity index (χ4n) is 1.35. The molecule has 0 aliphatic heterocycles. The number of carbonyl (C=O) groups excluding carboxylic acids is 2. The number of hydrogen-bond donors (Lipinski definition) is 3. The summed E-state index contributed by atoms with van der Waals surface area (Å²) >= 11 is 0. The molecule has 0 aromatic carbocycles. The maximum absolute atomic E-state index is 11.8. The smallest absolute Gasteiger partial charge is 0.323 e. The number of carbonyl (C=O) groups is 3. The number of hydrogen-bond acceptors (Lipinski definition) is 3. The summed E-state index contributed by atoms with van der Waals surface area (Å²) < 4.78 is 0. The van der Waals surface area contributed by atoms with Gasteiger partial charge >= 0.3 is 12.0 Å². The third kappa shape index (κ3) is 8.01. The molecule has 0 unspecified atom stereocenters. The van der Waals surface area contributed by atoms with Crippen molar-refractivity contribution < 1.29 is 19.5 Å². The number of urea groups is 1. The van der Waals surface area contributed by atoms with E-state index in [0.717, 1.165) is 4.90 Å². The van der Waals surface area contributed by atoms with Crippen molar-refractivity contribution in [3.63, 3.8) is 0 Å². The molecule has 7 nitrogen and oxygen atoms in total. The van der Waals surface area contributed by atoms with Gasteiger partial charge in [0.1, 0.15) is 6.54 Å². The molecule has 0 aliphatic rings. The molecule has 0 rings (SSSR count). The predicted molar refractivity (Wildman–Crippen MR) is 70.8 cm³/mol. The second kappa shape index (κ2) is 6.96. The summed E-state index contributed by atoms with van der Waals surface area (Å²) in [5.74, 6) is -1.41. The first-order valence-corrected chi connectivity index (χ1v) is 6.10. The van der Waals surface area contributed by atoms with Crippen LogP contribution in [0.4, 0.5) is 4.79 Å². The minimum Gasteiger partial charge on any atom is -0.480 e. The molecule has 0 spiro atoms. The Bertz CT molecular complexity index is 347. The predicted octanol–water partition coefficient (Wildman–Crippen LogP) is 0.406. The van der Waals surface area contributed by atoms with Crippen LogP contribution in [0.1, 0.15) is 34.6 Å². The van der Waals surface area contributed by atoms with E-state index in [1.165, 1.54) is 0 Å². The topological polar surface area (TPSA) is 98.7 Å². The van der Waals surface area contributed by atoms with Crippen molar-refractivity contribution in [2.24, 2.45) is 0 Å². The standard InChI is InChI=1S/C12H23N3O4/c1-8(2)15(7-10(17)18)11(19)13-6-9(16)14-12(3,4)5/h8H,6-7H2,1-5H3,(H,13,19)(H,14,16)(H,17,18). The van der Waals surface area contributed by atoms with Gasteiger partial charge < -0.3 is 20.6 Å². The van der Waals surface area contributed by atoms with Crippen LogP contribution in [0.3, 0.4) is 0 Å². The first-order valence-electron chi connectivity index (χ1n) is 6.10. The summed E-state index contributed by atoms with van der Waals surface area (Å²) in [6.07, 6.45) is 0. The highest BCUT2D eigenvalue weighted by molar-refractivity contribution is 5.86. The van der Waals surface area contributed by atoms with E-state index in [-0.39, 0.29) is 24.0 Å². The van der Waals surface area contributed by atoms with Crippen LogP contribution in [0.25, 0.3) is 0 Å². The van der Waals surface area contributed by atoms with E-state index in [1.54, 1.807) is 13.8 Å². The molecule has 3 N–H and O–H groups in total. The average Bonchev–Trinajstić information content (AvgIpc) is 2.19. The van der Waals surface area contributed by atoms with Gasteiger partial charge in [0.05, 0.1) is 6.54 Å². The molecular formula is C12H23N3O4. The molecule has 0 aromatic rings. The van der Waals surface area contributed by atoms with E-state index >= 15 is 0 Å². The third-order valence-electron chi connectivity index (χ3n) is 2.10. The van der Waals surface area contributed by atoms with Crippen LogP contribution in [0.5, 0.6) is 0 Å². The highest BCUT2D eigenvalue weighted by Crippen LogP contribution is 1.99. The summed E-state index contributed by atoms with van der Waals surface area (Å²) in [5, 5.41) is 13.8. The van der Waals surface area contributed by atoms with Crippen LogP contribution in [0.2, 0.25) is 0 Å². The van der Waals surface area contributed by atoms with Crippen LogP contribution in [-0.2, 0) is 9.59 Å². The number of aliphatic carboxylic acids is 1. The Morgan fingerprint density at radius 2 is 1.74 bits per heavy atom. The Balaban J connectivity index is 4.34. The van der Waals surface area contributed by atoms with E-state index in [0.29, 0.717) is 0 Å². The summed E-state index contributed by atoms with van der Waals surface area (Å²) in [4.78, 5) is 35.1. The van der Waals surface area contributed by atoms with Crippen molar-refractivity contribution in [1.29, 1.82) is 0 Å². The van der Waals surface area contributed by atoms with E-state index in [4.69, 9.17) is 5.11 Å². The molecule has 110 valence electrons. The fraction of sp³-hybridized carbons (Fsp3) is 0.750. The second-order valence-electron chi connectivity index (χ2n) is 5.57. The summed E-state index contributed by atoms with van der Waals surface area (Å²) in [6.45, 7) is 8.32. The van der Waals surface area contributed by atoms with Crippen LogP contribution >= 0.6 is 0 Å². The molecular weight excluding hydrogens is 250 g/mol. The van der Waals surface area contributed by atoms with Gasteiger partial charge in [-0.25, -0.2) is 4.79 Å². The highest BCUT2D eigenvalue weighted by Gasteiger charge is 2.21. The van der Waals surface area contributed by atoms with Gasteiger partial charge in [0.25, 0.3) is 0 Å². The van der Waals surface area contributed by atoms with E-state index in [1.807, 2.05) is 20.8 Å². The van der Waals surface area contributed by atoms with Crippen molar-refractivity contribution in [1.82, 2.24) is 15.5 Å². The maximum Gasteiger partial charge on any atom is 0.323 e. The monoisotopic (exact) mass is 273 g/mol. The molecule has 0 bridgehead atoms. The molecule has 0 aliphatic carbocycles. The lowest BCUT2D eigenvalue weighted by Gasteiger charge is -2.25. The lowest BCUT2D eigenvalue weighted by atomic mass is 10.1. The van der Waals surface area contributed by atoms with Crippen molar-refractivity contribution in [3.05, 3.63) is 0 Å². The molecule has 0 saturated heterocycles. The van der Waals surface area contributed by atoms with E-state index < -0.39 is 18.5 Å². The molecule has 7 heteroatoms. The van der Waals surface area contributed by atoms with Gasteiger partial charge in [0.2, 0.25) is 5.91 Å². The second-order valence-corrected chi connectivity index (χ2v) is 5.57. The SMILES string of the molecule is CC(C)N(CC(=O)O)C(=O)NCC(=O)NC(C)(C)C. The van der Waals surface area contributed by atoms with Gasteiger partial charge in [0.15, 0.2) is 0 Å². The molecule has 0 saturated carbocycles. The fourth-order valence-corrected chi connectivity index (χ4v) is 1.35. The maximum atomic E-state index is 11.8. The number of carboxylic acids is 1. The molecule has 0 atom stereocenters. The molecule has 19 heavy (non-hydrogen) atoms. The zero-order chi connectivity index (χ0) is 15.2. The zero-order valence-corrected chi connectivity index (χ0v) is 12.1. The molecule has 0 fully saturated rings. The average molecular weight is 273 g/mol. The van der Waals surface area contributed by atoms with E-state index in [9.17, 15) is 14.4 Å². The van der Waals surface area contributed by atoms with Gasteiger partial charge in [-0.1, -0.05) is 0 Å². The first-order chi connectivity index (χ1) is 8.53. The molecule has 0 heterocycles. The van der Waals surface area contributed by atoms with Crippen molar-refractivity contribution >= 4 is 17.9 Å². The van der Waals surface area contributed by atoms with Crippen LogP contribution < -0.4 is 10.6 Å². The van der Waals surface area contributed by atoms with Crippen molar-refractivity contribution in [2.45, 2.75) is 46.2 Å². The van der Waals surface area contributed by atoms with Crippen molar-refractivity contribution in [2.75, 3.05) is 13.1 Å². The Morgan fingerprint density at radius 1 is 1.21 bits per heavy atom. The number of nitrogens with one attached hydrogen (secondary N) is 2. The minimum absolute atomic E-state index is 0.182. The lowest BCUT2D eigenvalue weighted by molar-refractivity contribution is -0.138. The van der Waals surface area contributed by atoms with Gasteiger partial charge in [-0.3, -0.25) is 9.59 Å². The van der Waals surface area contributed by atoms with Gasteiger partial charge in [-0.15, -0.1) is 0 Å². The molecule has 0 aromatic heterocycles. The third-order valence-corrected chi connectivity index (χ3v) is 2.10. The highest BCUT2D eigenvalue weighted by atomic mass is 16.4. The Hall–Kier alpha value is -1.79. The number of amides is 3. The largest absolute Gasteiger partial charge is 0.480 e. The summed E-state index contributed by atoms with van der Waals surface area (Å²) in [6, 6.07) is -0.830. The number of rotatable bonds is 5. The van der Waals surface area contributed by atoms with Crippen molar-refractivity contribution in [3.8, 4) is 0 Å². The van der Waals surface area contributed by atoms with Gasteiger partial charge in [-0.2, -0.15) is 0 Å². The zero-order valence-electron chi connectivity index (χ0n) is 12.1. The molecule has 3 amide bonds. The normalized spacial score (nSPS) is 11.1. The van der Waals surface area contributed by atoms with Gasteiger partial charge in [0, 0.05) is 11.6 Å².